The van der Waals surface area contributed by atoms with Crippen LogP contribution in [-0.4, -0.2) is 40.1 Å². The lowest BCUT2D eigenvalue weighted by molar-refractivity contribution is 0.101. The van der Waals surface area contributed by atoms with Gasteiger partial charge in [-0.2, -0.15) is 5.10 Å². The maximum Gasteiger partial charge on any atom is 0.322 e. The van der Waals surface area contributed by atoms with Crippen LogP contribution in [0.1, 0.15) is 16.1 Å². The smallest absolute Gasteiger partial charge is 0.322 e. The van der Waals surface area contributed by atoms with E-state index in [-0.39, 0.29) is 11.9 Å². The zero-order valence-electron chi connectivity index (χ0n) is 14.2. The number of ether oxygens (including phenoxy) is 2. The molecule has 9 nitrogen and oxygen atoms in total. The Bertz CT molecular complexity index is 915. The monoisotopic (exact) mass is 343 g/mol. The van der Waals surface area contributed by atoms with Crippen LogP contribution in [-0.2, 0) is 7.05 Å². The molecule has 0 bridgehead atoms. The molecule has 0 radical (unpaired) electrons. The van der Waals surface area contributed by atoms with Gasteiger partial charge in [-0.1, -0.05) is 5.10 Å². The first-order valence-electron chi connectivity index (χ1n) is 7.39. The summed E-state index contributed by atoms with van der Waals surface area (Å²) in [6, 6.07) is 5.16. The molecule has 0 aliphatic rings. The molecular weight excluding hydrogens is 326 g/mol. The van der Waals surface area contributed by atoms with Crippen molar-refractivity contribution in [1.29, 1.82) is 0 Å². The van der Waals surface area contributed by atoms with Crippen molar-refractivity contribution in [1.82, 2.24) is 20.0 Å². The van der Waals surface area contributed by atoms with Gasteiger partial charge in [-0.3, -0.25) is 14.8 Å². The minimum absolute atomic E-state index is 0.0251. The normalized spacial score (nSPS) is 10.6. The maximum atomic E-state index is 12.2. The van der Waals surface area contributed by atoms with Gasteiger partial charge in [-0.05, 0) is 19.1 Å². The molecule has 1 amide bonds. The van der Waals surface area contributed by atoms with E-state index in [0.29, 0.717) is 22.8 Å². The summed E-state index contributed by atoms with van der Waals surface area (Å²) in [6.07, 6.45) is 1.75. The van der Waals surface area contributed by atoms with E-state index < -0.39 is 5.91 Å². The number of carbonyl (C=O) groups is 1. The molecule has 0 aliphatic carbocycles. The van der Waals surface area contributed by atoms with Crippen molar-refractivity contribution in [2.45, 2.75) is 6.92 Å². The third-order valence-corrected chi connectivity index (χ3v) is 3.51. The molecule has 0 spiro atoms. The second kappa shape index (κ2) is 6.63. The fourth-order valence-electron chi connectivity index (χ4n) is 2.35. The molecule has 0 fully saturated rings. The highest BCUT2D eigenvalue weighted by Crippen LogP contribution is 2.33. The van der Waals surface area contributed by atoms with Crippen molar-refractivity contribution in [3.05, 3.63) is 35.7 Å². The fourth-order valence-corrected chi connectivity index (χ4v) is 2.35. The molecule has 0 saturated heterocycles. The van der Waals surface area contributed by atoms with Crippen LogP contribution in [0.2, 0.25) is 0 Å². The topological polar surface area (TPSA) is 104 Å². The van der Waals surface area contributed by atoms with Gasteiger partial charge >= 0.3 is 6.01 Å². The third kappa shape index (κ3) is 3.30. The average Bonchev–Trinajstić information content (AvgIpc) is 3.20. The summed E-state index contributed by atoms with van der Waals surface area (Å²) in [5.41, 5.74) is 1.63. The third-order valence-electron chi connectivity index (χ3n) is 3.51. The highest BCUT2D eigenvalue weighted by atomic mass is 16.5. The van der Waals surface area contributed by atoms with E-state index in [1.54, 1.807) is 50.2 Å². The number of hydrogen-bond acceptors (Lipinski definition) is 7. The summed E-state index contributed by atoms with van der Waals surface area (Å²) in [4.78, 5) is 12.2. The highest BCUT2D eigenvalue weighted by Gasteiger charge is 2.18. The summed E-state index contributed by atoms with van der Waals surface area (Å²) in [5.74, 6) is 0.947. The molecule has 2 aromatic heterocycles. The van der Waals surface area contributed by atoms with Crippen LogP contribution < -0.4 is 14.8 Å². The van der Waals surface area contributed by atoms with Gasteiger partial charge in [0.15, 0.2) is 5.69 Å². The van der Waals surface area contributed by atoms with E-state index in [1.165, 1.54) is 7.11 Å². The van der Waals surface area contributed by atoms with Crippen LogP contribution in [0, 0.1) is 6.92 Å². The maximum absolute atomic E-state index is 12.2. The molecule has 0 saturated carbocycles. The van der Waals surface area contributed by atoms with E-state index in [1.807, 2.05) is 0 Å². The number of benzene rings is 1. The standard InChI is InChI=1S/C16H17N5O4/c1-9-8-21(2)20-13(9)14(22)17-16-19-18-15(25-16)11-6-5-10(23-3)7-12(11)24-4/h5-8H,1-4H3,(H,17,19,22). The Kier molecular flexibility index (Phi) is 4.38. The van der Waals surface area contributed by atoms with Crippen molar-refractivity contribution >= 4 is 11.9 Å². The van der Waals surface area contributed by atoms with Gasteiger partial charge in [0.1, 0.15) is 11.5 Å². The Morgan fingerprint density at radius 1 is 1.24 bits per heavy atom. The number of carbonyl (C=O) groups excluding carboxylic acids is 1. The predicted molar refractivity (Wildman–Crippen MR) is 88.7 cm³/mol. The molecule has 1 N–H and O–H groups in total. The zero-order valence-corrected chi connectivity index (χ0v) is 14.2. The first-order valence-corrected chi connectivity index (χ1v) is 7.39. The first-order chi connectivity index (χ1) is 12.0. The summed E-state index contributed by atoms with van der Waals surface area (Å²) in [5, 5.41) is 14.4. The van der Waals surface area contributed by atoms with Crippen molar-refractivity contribution in [2.75, 3.05) is 19.5 Å². The summed E-state index contributed by atoms with van der Waals surface area (Å²) < 4.78 is 17.5. The summed E-state index contributed by atoms with van der Waals surface area (Å²) in [6.45, 7) is 1.80. The SMILES string of the molecule is COc1ccc(-c2nnc(NC(=O)c3nn(C)cc3C)o2)c(OC)c1. The number of methoxy groups -OCH3 is 2. The quantitative estimate of drug-likeness (QED) is 0.756. The van der Waals surface area contributed by atoms with Crippen LogP contribution >= 0.6 is 0 Å². The number of amides is 1. The first kappa shape index (κ1) is 16.5. The number of aromatic nitrogens is 4. The molecule has 3 rings (SSSR count). The predicted octanol–water partition coefficient (Wildman–Crippen LogP) is 2.05. The molecule has 25 heavy (non-hydrogen) atoms. The van der Waals surface area contributed by atoms with Crippen LogP contribution in [0.15, 0.2) is 28.8 Å². The number of anilines is 1. The van der Waals surface area contributed by atoms with E-state index >= 15 is 0 Å². The number of nitrogens with one attached hydrogen (secondary N) is 1. The van der Waals surface area contributed by atoms with Crippen LogP contribution in [0.25, 0.3) is 11.5 Å². The van der Waals surface area contributed by atoms with Crippen LogP contribution in [0.3, 0.4) is 0 Å². The Balaban J connectivity index is 1.83. The molecule has 9 heteroatoms. The lowest BCUT2D eigenvalue weighted by Crippen LogP contribution is -2.14. The molecular formula is C16H17N5O4. The van der Waals surface area contributed by atoms with Gasteiger partial charge in [0.2, 0.25) is 0 Å². The van der Waals surface area contributed by atoms with Gasteiger partial charge < -0.3 is 13.9 Å². The summed E-state index contributed by atoms with van der Waals surface area (Å²) >= 11 is 0. The number of aryl methyl sites for hydroxylation is 2. The molecule has 130 valence electrons. The van der Waals surface area contributed by atoms with Crippen LogP contribution in [0.4, 0.5) is 6.01 Å². The zero-order chi connectivity index (χ0) is 18.0. The van der Waals surface area contributed by atoms with E-state index in [2.05, 4.69) is 20.6 Å². The van der Waals surface area contributed by atoms with E-state index in [0.717, 1.165) is 5.56 Å². The van der Waals surface area contributed by atoms with Gasteiger partial charge in [-0.15, -0.1) is 5.10 Å². The lowest BCUT2D eigenvalue weighted by atomic mass is 10.2. The van der Waals surface area contributed by atoms with Crippen molar-refractivity contribution in [3.63, 3.8) is 0 Å². The van der Waals surface area contributed by atoms with Gasteiger partial charge in [0.05, 0.1) is 19.8 Å². The molecule has 0 atom stereocenters. The Morgan fingerprint density at radius 2 is 2.04 bits per heavy atom. The highest BCUT2D eigenvalue weighted by molar-refractivity contribution is 6.02. The summed E-state index contributed by atoms with van der Waals surface area (Å²) in [7, 11) is 4.83. The van der Waals surface area contributed by atoms with Gasteiger partial charge in [-0.25, -0.2) is 0 Å². The van der Waals surface area contributed by atoms with Gasteiger partial charge in [0, 0.05) is 24.9 Å². The lowest BCUT2D eigenvalue weighted by Gasteiger charge is -2.07. The van der Waals surface area contributed by atoms with Gasteiger partial charge in [0.25, 0.3) is 11.8 Å². The number of rotatable bonds is 5. The Hall–Kier alpha value is -3.36. The minimum Gasteiger partial charge on any atom is -0.497 e. The Labute approximate surface area is 143 Å². The largest absolute Gasteiger partial charge is 0.497 e. The average molecular weight is 343 g/mol. The molecule has 2 heterocycles. The Morgan fingerprint density at radius 3 is 2.68 bits per heavy atom. The van der Waals surface area contributed by atoms with E-state index in [9.17, 15) is 4.79 Å². The van der Waals surface area contributed by atoms with E-state index in [4.69, 9.17) is 13.9 Å². The number of nitrogens with zero attached hydrogens (tertiary/aromatic N) is 4. The van der Waals surface area contributed by atoms with Crippen LogP contribution in [0.5, 0.6) is 11.5 Å². The minimum atomic E-state index is -0.421. The van der Waals surface area contributed by atoms with Crippen molar-refractivity contribution in [3.8, 4) is 23.0 Å². The molecule has 1 aromatic carbocycles. The second-order valence-corrected chi connectivity index (χ2v) is 5.27. The molecule has 0 unspecified atom stereocenters. The van der Waals surface area contributed by atoms with Crippen molar-refractivity contribution < 1.29 is 18.7 Å². The number of hydrogen-bond donors (Lipinski definition) is 1. The van der Waals surface area contributed by atoms with Crippen molar-refractivity contribution in [2.24, 2.45) is 7.05 Å². The fraction of sp³-hybridized carbons (Fsp3) is 0.250. The molecule has 3 aromatic rings. The second-order valence-electron chi connectivity index (χ2n) is 5.27. The molecule has 0 aliphatic heterocycles.